The van der Waals surface area contributed by atoms with Crippen LogP contribution in [0.15, 0.2) is 30.6 Å². The Hall–Kier alpha value is -1.67. The average molecular weight is 601 g/mol. The molecule has 5 rings (SSSR count). The number of carbonyl (C=O) groups is 1. The number of fused-ring (bicyclic) bond motifs is 1. The van der Waals surface area contributed by atoms with E-state index in [1.54, 1.807) is 4.57 Å². The quantitative estimate of drug-likeness (QED) is 0.241. The molecule has 1 aromatic carbocycles. The number of nitrogens with zero attached hydrogens (tertiary/aromatic N) is 4. The van der Waals surface area contributed by atoms with Gasteiger partial charge in [-0.1, -0.05) is 12.1 Å². The van der Waals surface area contributed by atoms with Crippen molar-refractivity contribution in [3.63, 3.8) is 0 Å². The number of hydrogen-bond acceptors (Lipinski definition) is 8. The molecule has 0 spiro atoms. The minimum atomic E-state index is -1.20. The molecule has 2 aromatic heterocycles. The van der Waals surface area contributed by atoms with Gasteiger partial charge in [-0.25, -0.2) is 4.98 Å². The van der Waals surface area contributed by atoms with Crippen LogP contribution >= 0.6 is 46.0 Å². The molecule has 33 heavy (non-hydrogen) atoms. The highest BCUT2D eigenvalue weighted by Crippen LogP contribution is 2.43. The number of nitrogens with one attached hydrogen (secondary N) is 2. The first-order chi connectivity index (χ1) is 15.9. The molecular formula is C21H22ClIN6O3S. The fourth-order valence-electron chi connectivity index (χ4n) is 3.81. The van der Waals surface area contributed by atoms with Crippen LogP contribution in [0.4, 0.5) is 5.82 Å². The van der Waals surface area contributed by atoms with Gasteiger partial charge in [0, 0.05) is 16.7 Å². The lowest BCUT2D eigenvalue weighted by Crippen LogP contribution is -2.41. The molecule has 3 aromatic rings. The van der Waals surface area contributed by atoms with E-state index in [1.165, 1.54) is 18.1 Å². The monoisotopic (exact) mass is 600 g/mol. The number of rotatable bonds is 7. The molecule has 2 fully saturated rings. The first-order valence-electron chi connectivity index (χ1n) is 10.6. The third kappa shape index (κ3) is 4.92. The molecule has 9 nitrogen and oxygen atoms in total. The zero-order valence-electron chi connectivity index (χ0n) is 17.4. The van der Waals surface area contributed by atoms with Crippen LogP contribution < -0.4 is 10.6 Å². The second kappa shape index (κ2) is 9.53. The molecule has 0 bridgehead atoms. The Bertz CT molecular complexity index is 1190. The van der Waals surface area contributed by atoms with E-state index in [0.717, 1.165) is 22.0 Å². The van der Waals surface area contributed by atoms with Gasteiger partial charge in [-0.15, -0.1) is 11.8 Å². The molecule has 4 atom stereocenters. The fourth-order valence-corrected chi connectivity index (χ4v) is 6.01. The minimum Gasteiger partial charge on any atom is -0.389 e. The van der Waals surface area contributed by atoms with Crippen LogP contribution in [0.1, 0.15) is 23.8 Å². The van der Waals surface area contributed by atoms with Gasteiger partial charge in [0.15, 0.2) is 17.0 Å². The highest BCUT2D eigenvalue weighted by molar-refractivity contribution is 14.1. The third-order valence-electron chi connectivity index (χ3n) is 5.78. The number of amides is 1. The summed E-state index contributed by atoms with van der Waals surface area (Å²) in [6.45, 7) is 1.13. The molecule has 4 N–H and O–H groups in total. The predicted molar refractivity (Wildman–Crippen MR) is 135 cm³/mol. The van der Waals surface area contributed by atoms with E-state index in [0.29, 0.717) is 36.0 Å². The zero-order chi connectivity index (χ0) is 23.1. The lowest BCUT2D eigenvalue weighted by molar-refractivity contribution is -0.123. The summed E-state index contributed by atoms with van der Waals surface area (Å²) < 4.78 is 2.77. The molecule has 0 unspecified atom stereocenters. The molecule has 1 amide bonds. The van der Waals surface area contributed by atoms with Crippen LogP contribution in [0.5, 0.6) is 0 Å². The van der Waals surface area contributed by atoms with Gasteiger partial charge in [-0.05, 0) is 70.6 Å². The fraction of sp³-hybridized carbons (Fsp3) is 0.429. The Balaban J connectivity index is 1.37. The van der Waals surface area contributed by atoms with Gasteiger partial charge >= 0.3 is 0 Å². The summed E-state index contributed by atoms with van der Waals surface area (Å²) in [4.78, 5) is 25.6. The molecular weight excluding hydrogens is 579 g/mol. The van der Waals surface area contributed by atoms with Crippen molar-refractivity contribution in [1.29, 1.82) is 0 Å². The summed E-state index contributed by atoms with van der Waals surface area (Å²) >= 11 is 9.65. The molecule has 12 heteroatoms. The minimum absolute atomic E-state index is 0.0335. The maximum absolute atomic E-state index is 12.6. The van der Waals surface area contributed by atoms with Crippen molar-refractivity contribution in [2.24, 2.45) is 5.92 Å². The predicted octanol–water partition coefficient (Wildman–Crippen LogP) is 2.56. The van der Waals surface area contributed by atoms with Crippen LogP contribution in [0.25, 0.3) is 11.2 Å². The number of aliphatic hydroxyl groups is 2. The van der Waals surface area contributed by atoms with Gasteiger partial charge in [-0.3, -0.25) is 9.36 Å². The van der Waals surface area contributed by atoms with Crippen LogP contribution in [-0.2, 0) is 11.3 Å². The normalized spacial score (nSPS) is 24.8. The molecule has 174 valence electrons. The SMILES string of the molecule is O=C(NCC1CC1)[C@H]1S[C@@H](n2cnc3c(NCc4cccc(I)c4)nc(Cl)nc32)[C@H](O)[C@@H]1O. The number of aliphatic hydroxyl groups excluding tert-OH is 2. The molecule has 2 aliphatic rings. The number of halogens is 2. The maximum Gasteiger partial charge on any atom is 0.235 e. The Kier molecular flexibility index (Phi) is 6.67. The van der Waals surface area contributed by atoms with Crippen LogP contribution in [0.3, 0.4) is 0 Å². The van der Waals surface area contributed by atoms with Crippen LogP contribution in [-0.4, -0.2) is 59.6 Å². The second-order valence-electron chi connectivity index (χ2n) is 8.27. The largest absolute Gasteiger partial charge is 0.389 e. The Morgan fingerprint density at radius 2 is 2.09 bits per heavy atom. The number of hydrogen-bond donors (Lipinski definition) is 4. The molecule has 1 saturated heterocycles. The summed E-state index contributed by atoms with van der Waals surface area (Å²) in [6, 6.07) is 8.07. The lowest BCUT2D eigenvalue weighted by atomic mass is 10.1. The van der Waals surface area contributed by atoms with Gasteiger partial charge in [-0.2, -0.15) is 9.97 Å². The lowest BCUT2D eigenvalue weighted by Gasteiger charge is -2.17. The van der Waals surface area contributed by atoms with Crippen molar-refractivity contribution in [3.8, 4) is 0 Å². The topological polar surface area (TPSA) is 125 Å². The molecule has 1 aliphatic carbocycles. The zero-order valence-corrected chi connectivity index (χ0v) is 21.1. The third-order valence-corrected chi connectivity index (χ3v) is 8.19. The van der Waals surface area contributed by atoms with E-state index in [1.807, 2.05) is 18.2 Å². The van der Waals surface area contributed by atoms with E-state index >= 15 is 0 Å². The van der Waals surface area contributed by atoms with Crippen LogP contribution in [0.2, 0.25) is 5.28 Å². The summed E-state index contributed by atoms with van der Waals surface area (Å²) in [7, 11) is 0. The van der Waals surface area contributed by atoms with E-state index in [4.69, 9.17) is 11.6 Å². The first kappa shape index (κ1) is 23.1. The highest BCUT2D eigenvalue weighted by Gasteiger charge is 2.47. The first-order valence-corrected chi connectivity index (χ1v) is 13.0. The molecule has 1 saturated carbocycles. The Morgan fingerprint density at radius 3 is 2.85 bits per heavy atom. The smallest absolute Gasteiger partial charge is 0.235 e. The van der Waals surface area contributed by atoms with E-state index < -0.39 is 22.8 Å². The number of aromatic nitrogens is 4. The van der Waals surface area contributed by atoms with E-state index in [-0.39, 0.29) is 11.2 Å². The van der Waals surface area contributed by atoms with Gasteiger partial charge in [0.1, 0.15) is 22.8 Å². The number of carbonyl (C=O) groups excluding carboxylic acids is 1. The molecule has 0 radical (unpaired) electrons. The molecule has 1 aliphatic heterocycles. The number of benzene rings is 1. The van der Waals surface area contributed by atoms with Crippen molar-refractivity contribution >= 4 is 68.8 Å². The standard InChI is InChI=1S/C21H22ClIN6O3S/c22-21-27-17(24-8-11-2-1-3-12(23)6-11)13-18(28-21)29(9-26-13)20-15(31)14(30)16(33-20)19(32)25-7-10-4-5-10/h1-3,6,9-10,14-16,20,30-31H,4-5,7-8H2,(H,25,32)(H,24,27,28)/t14-,15+,16-,20+/m0/s1. The van der Waals surface area contributed by atoms with Crippen molar-refractivity contribution in [3.05, 3.63) is 45.0 Å². The Labute approximate surface area is 212 Å². The number of anilines is 1. The van der Waals surface area contributed by atoms with Crippen molar-refractivity contribution in [1.82, 2.24) is 24.8 Å². The van der Waals surface area contributed by atoms with Crippen molar-refractivity contribution in [2.45, 2.75) is 42.2 Å². The summed E-state index contributed by atoms with van der Waals surface area (Å²) in [5, 5.41) is 26.0. The van der Waals surface area contributed by atoms with E-state index in [2.05, 4.69) is 54.2 Å². The summed E-state index contributed by atoms with van der Waals surface area (Å²) in [5.41, 5.74) is 1.99. The van der Waals surface area contributed by atoms with Crippen molar-refractivity contribution in [2.75, 3.05) is 11.9 Å². The summed E-state index contributed by atoms with van der Waals surface area (Å²) in [6.07, 6.45) is 1.40. The second-order valence-corrected chi connectivity index (χ2v) is 11.1. The summed E-state index contributed by atoms with van der Waals surface area (Å²) in [5.74, 6) is 0.733. The number of imidazole rings is 1. The van der Waals surface area contributed by atoms with Gasteiger partial charge < -0.3 is 20.8 Å². The van der Waals surface area contributed by atoms with Crippen LogP contribution in [0, 0.1) is 9.49 Å². The van der Waals surface area contributed by atoms with Crippen molar-refractivity contribution < 1.29 is 15.0 Å². The number of thioether (sulfide) groups is 1. The van der Waals surface area contributed by atoms with Gasteiger partial charge in [0.25, 0.3) is 0 Å². The van der Waals surface area contributed by atoms with Gasteiger partial charge in [0.05, 0.1) is 6.33 Å². The molecule has 3 heterocycles. The Morgan fingerprint density at radius 1 is 1.27 bits per heavy atom. The van der Waals surface area contributed by atoms with E-state index in [9.17, 15) is 15.0 Å². The highest BCUT2D eigenvalue weighted by atomic mass is 127. The van der Waals surface area contributed by atoms with Gasteiger partial charge in [0.2, 0.25) is 11.2 Å². The average Bonchev–Trinajstić information content (AvgIpc) is 3.46. The maximum atomic E-state index is 12.6.